The van der Waals surface area contributed by atoms with E-state index in [1.165, 1.54) is 0 Å². The summed E-state index contributed by atoms with van der Waals surface area (Å²) in [6, 6.07) is 12.6. The van der Waals surface area contributed by atoms with Crippen LogP contribution >= 0.6 is 0 Å². The number of carbonyl (C=O) groups is 1. The molecule has 8 heteroatoms. The van der Waals surface area contributed by atoms with Crippen LogP contribution in [0.1, 0.15) is 73.5 Å². The predicted molar refractivity (Wildman–Crippen MR) is 143 cm³/mol. The Morgan fingerprint density at radius 1 is 1.00 bits per heavy atom. The Labute approximate surface area is 221 Å². The molecule has 0 radical (unpaired) electrons. The number of amides is 1. The first kappa shape index (κ1) is 23.5. The molecule has 4 aromatic rings. The van der Waals surface area contributed by atoms with E-state index >= 15 is 0 Å². The second-order valence-corrected chi connectivity index (χ2v) is 10.9. The summed E-state index contributed by atoms with van der Waals surface area (Å²) < 4.78 is 13.5. The Bertz CT molecular complexity index is 1530. The van der Waals surface area contributed by atoms with Gasteiger partial charge in [0.25, 0.3) is 0 Å². The van der Waals surface area contributed by atoms with Crippen molar-refractivity contribution in [2.24, 2.45) is 0 Å². The number of benzene rings is 2. The number of aliphatic hydroxyl groups is 1. The third-order valence-electron chi connectivity index (χ3n) is 8.53. The molecule has 1 aliphatic carbocycles. The lowest BCUT2D eigenvalue weighted by molar-refractivity contribution is -0.117. The molecule has 38 heavy (non-hydrogen) atoms. The molecule has 8 nitrogen and oxygen atoms in total. The van der Waals surface area contributed by atoms with Crippen LogP contribution < -0.4 is 9.64 Å². The van der Waals surface area contributed by atoms with Gasteiger partial charge in [0.15, 0.2) is 0 Å². The van der Waals surface area contributed by atoms with E-state index in [1.54, 1.807) is 0 Å². The topological polar surface area (TPSA) is 93.6 Å². The number of hydrogen-bond acceptors (Lipinski definition) is 6. The quantitative estimate of drug-likeness (QED) is 0.383. The zero-order valence-corrected chi connectivity index (χ0v) is 21.8. The molecule has 3 aliphatic rings. The minimum Gasteiger partial charge on any atom is -0.493 e. The fraction of sp³-hybridized carbons (Fsp3) is 0.433. The van der Waals surface area contributed by atoms with Crippen molar-refractivity contribution in [1.82, 2.24) is 14.7 Å². The van der Waals surface area contributed by atoms with Crippen LogP contribution in [0.25, 0.3) is 22.2 Å². The van der Waals surface area contributed by atoms with E-state index in [2.05, 4.69) is 34.0 Å². The average Bonchev–Trinajstić information content (AvgIpc) is 3.69. The third-order valence-corrected chi connectivity index (χ3v) is 8.53. The number of rotatable bonds is 4. The van der Waals surface area contributed by atoms with Crippen molar-refractivity contribution in [2.75, 3.05) is 11.5 Å². The van der Waals surface area contributed by atoms with Crippen molar-refractivity contribution in [2.45, 2.75) is 77.0 Å². The summed E-state index contributed by atoms with van der Waals surface area (Å²) in [7, 11) is 0. The molecule has 2 aromatic heterocycles. The minimum absolute atomic E-state index is 0.128. The Hall–Kier alpha value is -3.65. The summed E-state index contributed by atoms with van der Waals surface area (Å²) in [5, 5.41) is 14.4. The highest BCUT2D eigenvalue weighted by molar-refractivity contribution is 5.97. The number of aryl methyl sites for hydroxylation is 2. The first-order valence-corrected chi connectivity index (χ1v) is 13.7. The smallest absolute Gasteiger partial charge is 0.227 e. The maximum absolute atomic E-state index is 13.3. The van der Waals surface area contributed by atoms with Gasteiger partial charge in [-0.2, -0.15) is 0 Å². The number of ether oxygens (including phenoxy) is 1. The first-order valence-electron chi connectivity index (χ1n) is 13.7. The van der Waals surface area contributed by atoms with Gasteiger partial charge < -0.3 is 23.8 Å². The molecule has 1 saturated carbocycles. The van der Waals surface area contributed by atoms with Crippen LogP contribution in [0.5, 0.6) is 5.75 Å². The number of carbonyl (C=O) groups excluding carboxylic acids is 1. The second kappa shape index (κ2) is 8.98. The molecule has 1 saturated heterocycles. The van der Waals surface area contributed by atoms with Gasteiger partial charge in [-0.15, -0.1) is 0 Å². The fourth-order valence-electron chi connectivity index (χ4n) is 6.68. The van der Waals surface area contributed by atoms with Gasteiger partial charge in [0.05, 0.1) is 35.5 Å². The van der Waals surface area contributed by atoms with E-state index in [4.69, 9.17) is 14.2 Å². The number of imidazole rings is 1. The van der Waals surface area contributed by atoms with Crippen LogP contribution in [0.15, 0.2) is 40.9 Å². The molecule has 1 atom stereocenters. The van der Waals surface area contributed by atoms with Crippen LogP contribution in [-0.4, -0.2) is 38.4 Å². The highest BCUT2D eigenvalue weighted by atomic mass is 16.5. The average molecular weight is 513 g/mol. The molecule has 4 heterocycles. The highest BCUT2D eigenvalue weighted by Gasteiger charge is 2.38. The van der Waals surface area contributed by atoms with Crippen molar-refractivity contribution in [3.05, 3.63) is 59.2 Å². The monoisotopic (exact) mass is 512 g/mol. The molecule has 1 amide bonds. The molecule has 0 unspecified atom stereocenters. The van der Waals surface area contributed by atoms with Gasteiger partial charge in [-0.25, -0.2) is 4.98 Å². The van der Waals surface area contributed by atoms with Crippen LogP contribution in [-0.2, 0) is 11.2 Å². The highest BCUT2D eigenvalue weighted by Crippen LogP contribution is 2.43. The maximum atomic E-state index is 13.3. The fourth-order valence-corrected chi connectivity index (χ4v) is 6.68. The lowest BCUT2D eigenvalue weighted by atomic mass is 9.92. The minimum atomic E-state index is -0.242. The summed E-state index contributed by atoms with van der Waals surface area (Å²) in [5.41, 5.74) is 6.93. The number of aliphatic hydroxyl groups excluding tert-OH is 1. The Morgan fingerprint density at radius 3 is 2.63 bits per heavy atom. The first-order chi connectivity index (χ1) is 18.5. The lowest BCUT2D eigenvalue weighted by Crippen LogP contribution is -2.31. The molecule has 1 N–H and O–H groups in total. The van der Waals surface area contributed by atoms with Crippen molar-refractivity contribution in [3.63, 3.8) is 0 Å². The van der Waals surface area contributed by atoms with Crippen molar-refractivity contribution < 1.29 is 19.2 Å². The van der Waals surface area contributed by atoms with Crippen LogP contribution in [0.2, 0.25) is 0 Å². The third kappa shape index (κ3) is 3.73. The molecule has 0 bridgehead atoms. The number of nitrogens with zero attached hydrogens (tertiary/aromatic N) is 4. The van der Waals surface area contributed by atoms with E-state index in [-0.39, 0.29) is 24.1 Å². The normalized spacial score (nSPS) is 23.3. The number of fused-ring (bicyclic) bond motifs is 2. The predicted octanol–water partition coefficient (Wildman–Crippen LogP) is 5.59. The van der Waals surface area contributed by atoms with Gasteiger partial charge in [-0.05, 0) is 87.4 Å². The largest absolute Gasteiger partial charge is 0.493 e. The summed E-state index contributed by atoms with van der Waals surface area (Å²) in [5.74, 6) is 2.76. The van der Waals surface area contributed by atoms with E-state index < -0.39 is 0 Å². The van der Waals surface area contributed by atoms with Crippen LogP contribution in [0, 0.1) is 13.8 Å². The summed E-state index contributed by atoms with van der Waals surface area (Å²) >= 11 is 0. The molecule has 196 valence electrons. The zero-order valence-electron chi connectivity index (χ0n) is 21.8. The molecule has 2 fully saturated rings. The van der Waals surface area contributed by atoms with Gasteiger partial charge in [0.1, 0.15) is 17.3 Å². The maximum Gasteiger partial charge on any atom is 0.227 e. The second-order valence-electron chi connectivity index (χ2n) is 10.9. The van der Waals surface area contributed by atoms with E-state index in [0.717, 1.165) is 95.0 Å². The zero-order chi connectivity index (χ0) is 26.0. The van der Waals surface area contributed by atoms with Crippen molar-refractivity contribution in [1.29, 1.82) is 0 Å². The van der Waals surface area contributed by atoms with Crippen LogP contribution in [0.3, 0.4) is 0 Å². The molecular formula is C30H32N4O4. The van der Waals surface area contributed by atoms with Crippen LogP contribution in [0.4, 0.5) is 5.69 Å². The molecule has 2 aliphatic heterocycles. The van der Waals surface area contributed by atoms with Gasteiger partial charge in [0, 0.05) is 30.1 Å². The molecular weight excluding hydrogens is 480 g/mol. The lowest BCUT2D eigenvalue weighted by Gasteiger charge is -2.31. The van der Waals surface area contributed by atoms with Crippen molar-refractivity contribution >= 4 is 22.6 Å². The SMILES string of the molecule is Cc1noc(C)c1-c1ccc2c(c1)nc([C@@H]1CCC(=O)N1c1ccc3c(c1)CCO3)n2C1CCC(O)CC1. The number of anilines is 1. The number of hydrogen-bond donors (Lipinski definition) is 1. The van der Waals surface area contributed by atoms with Gasteiger partial charge in [-0.1, -0.05) is 11.2 Å². The molecule has 2 aromatic carbocycles. The van der Waals surface area contributed by atoms with Gasteiger partial charge >= 0.3 is 0 Å². The Balaban J connectivity index is 1.36. The van der Waals surface area contributed by atoms with Crippen molar-refractivity contribution in [3.8, 4) is 16.9 Å². The summed E-state index contributed by atoms with van der Waals surface area (Å²) in [4.78, 5) is 20.5. The molecule has 0 spiro atoms. The van der Waals surface area contributed by atoms with Gasteiger partial charge in [0.2, 0.25) is 5.91 Å². The number of aromatic nitrogens is 3. The Kier molecular flexibility index (Phi) is 5.54. The summed E-state index contributed by atoms with van der Waals surface area (Å²) in [6.07, 6.45) is 5.18. The van der Waals surface area contributed by atoms with E-state index in [0.29, 0.717) is 13.0 Å². The van der Waals surface area contributed by atoms with E-state index in [1.807, 2.05) is 30.9 Å². The van der Waals surface area contributed by atoms with E-state index in [9.17, 15) is 9.90 Å². The molecule has 7 rings (SSSR count). The Morgan fingerprint density at radius 2 is 1.84 bits per heavy atom. The van der Waals surface area contributed by atoms with Gasteiger partial charge in [-0.3, -0.25) is 4.79 Å². The summed E-state index contributed by atoms with van der Waals surface area (Å²) in [6.45, 7) is 4.57. The standard InChI is InChI=1S/C30H32N4O4/c1-17-29(18(2)38-32-17)20-3-9-25-24(16-20)31-30(34(25)21-4-7-23(35)8-5-21)26-10-12-28(36)33(26)22-6-11-27-19(15-22)13-14-37-27/h3,6,9,11,15-16,21,23,26,35H,4-5,7-8,10,12-14H2,1-2H3/t21?,23?,26-/m0/s1.